The number of para-hydroxylation sites is 2. The zero-order valence-electron chi connectivity index (χ0n) is 16.1. The third-order valence-electron chi connectivity index (χ3n) is 4.20. The quantitative estimate of drug-likeness (QED) is 0.485. The van der Waals surface area contributed by atoms with E-state index in [2.05, 4.69) is 10.4 Å². The molecular formula is C22H20ClN3O3. The lowest BCUT2D eigenvalue weighted by Crippen LogP contribution is -2.20. The van der Waals surface area contributed by atoms with Crippen LogP contribution >= 0.6 is 11.6 Å². The van der Waals surface area contributed by atoms with Crippen molar-refractivity contribution in [3.63, 3.8) is 0 Å². The van der Waals surface area contributed by atoms with E-state index in [1.54, 1.807) is 17.7 Å². The number of rotatable bonds is 6. The molecule has 148 valence electrons. The second kappa shape index (κ2) is 9.21. The molecule has 0 fully saturated rings. The van der Waals surface area contributed by atoms with E-state index in [-0.39, 0.29) is 6.61 Å². The number of esters is 1. The third kappa shape index (κ3) is 5.12. The molecule has 0 aliphatic heterocycles. The molecule has 1 amide bonds. The molecule has 7 heteroatoms. The van der Waals surface area contributed by atoms with Crippen LogP contribution < -0.4 is 5.32 Å². The van der Waals surface area contributed by atoms with Crippen molar-refractivity contribution in [2.45, 2.75) is 13.8 Å². The lowest BCUT2D eigenvalue weighted by Gasteiger charge is -2.07. The number of aromatic nitrogens is 2. The van der Waals surface area contributed by atoms with Crippen molar-refractivity contribution in [3.8, 4) is 5.69 Å². The van der Waals surface area contributed by atoms with Crippen LogP contribution in [-0.4, -0.2) is 28.3 Å². The highest BCUT2D eigenvalue weighted by molar-refractivity contribution is 6.31. The molecule has 0 unspecified atom stereocenters. The molecule has 1 N–H and O–H groups in total. The van der Waals surface area contributed by atoms with Gasteiger partial charge in [0.2, 0.25) is 0 Å². The second-order valence-corrected chi connectivity index (χ2v) is 6.70. The fraction of sp³-hybridized carbons (Fsp3) is 0.136. The number of nitrogens with one attached hydrogen (secondary N) is 1. The summed E-state index contributed by atoms with van der Waals surface area (Å²) >= 11 is 6.41. The van der Waals surface area contributed by atoms with Crippen LogP contribution in [0, 0.1) is 13.8 Å². The Morgan fingerprint density at radius 1 is 1.10 bits per heavy atom. The molecule has 0 aliphatic rings. The van der Waals surface area contributed by atoms with E-state index in [1.165, 1.54) is 12.2 Å². The number of amides is 1. The molecule has 0 saturated carbocycles. The molecule has 29 heavy (non-hydrogen) atoms. The maximum atomic E-state index is 12.0. The van der Waals surface area contributed by atoms with Gasteiger partial charge in [0.15, 0.2) is 6.61 Å². The predicted molar refractivity (Wildman–Crippen MR) is 113 cm³/mol. The van der Waals surface area contributed by atoms with E-state index in [4.69, 9.17) is 16.3 Å². The van der Waals surface area contributed by atoms with E-state index in [0.29, 0.717) is 22.1 Å². The van der Waals surface area contributed by atoms with E-state index in [9.17, 15) is 9.59 Å². The zero-order valence-corrected chi connectivity index (χ0v) is 16.8. The SMILES string of the molecule is Cc1ccccc1NC(=O)COC(=O)/C=C/c1c(C)nn(-c2ccccc2)c1Cl. The van der Waals surface area contributed by atoms with E-state index >= 15 is 0 Å². The highest BCUT2D eigenvalue weighted by Gasteiger charge is 2.13. The van der Waals surface area contributed by atoms with Gasteiger partial charge in [0.05, 0.1) is 11.4 Å². The van der Waals surface area contributed by atoms with Gasteiger partial charge in [-0.2, -0.15) is 5.10 Å². The molecule has 0 radical (unpaired) electrons. The number of anilines is 1. The summed E-state index contributed by atoms with van der Waals surface area (Å²) < 4.78 is 6.60. The fourth-order valence-electron chi connectivity index (χ4n) is 2.68. The Hall–Kier alpha value is -3.38. The maximum Gasteiger partial charge on any atom is 0.331 e. The first-order chi connectivity index (χ1) is 14.0. The minimum absolute atomic E-state index is 0.381. The highest BCUT2D eigenvalue weighted by Crippen LogP contribution is 2.24. The van der Waals surface area contributed by atoms with E-state index in [1.807, 2.05) is 55.5 Å². The number of hydrogen-bond donors (Lipinski definition) is 1. The Morgan fingerprint density at radius 2 is 1.79 bits per heavy atom. The van der Waals surface area contributed by atoms with Crippen LogP contribution in [-0.2, 0) is 14.3 Å². The summed E-state index contributed by atoms with van der Waals surface area (Å²) in [4.78, 5) is 23.9. The van der Waals surface area contributed by atoms with Crippen LogP contribution in [0.4, 0.5) is 5.69 Å². The van der Waals surface area contributed by atoms with Crippen molar-refractivity contribution in [1.29, 1.82) is 0 Å². The molecule has 0 bridgehead atoms. The third-order valence-corrected chi connectivity index (χ3v) is 4.56. The van der Waals surface area contributed by atoms with Gasteiger partial charge in [-0.1, -0.05) is 48.0 Å². The van der Waals surface area contributed by atoms with Crippen molar-refractivity contribution in [1.82, 2.24) is 9.78 Å². The summed E-state index contributed by atoms with van der Waals surface area (Å²) in [5.74, 6) is -1.06. The van der Waals surface area contributed by atoms with Gasteiger partial charge in [-0.15, -0.1) is 0 Å². The number of nitrogens with zero attached hydrogens (tertiary/aromatic N) is 2. The molecule has 1 aromatic heterocycles. The molecule has 1 heterocycles. The maximum absolute atomic E-state index is 12.0. The molecule has 6 nitrogen and oxygen atoms in total. The number of ether oxygens (including phenoxy) is 1. The van der Waals surface area contributed by atoms with Crippen molar-refractivity contribution in [3.05, 3.63) is 82.6 Å². The summed E-state index contributed by atoms with van der Waals surface area (Å²) in [7, 11) is 0. The topological polar surface area (TPSA) is 73.2 Å². The highest BCUT2D eigenvalue weighted by atomic mass is 35.5. The number of halogens is 1. The molecule has 0 atom stereocenters. The predicted octanol–water partition coefficient (Wildman–Crippen LogP) is 4.34. The number of carbonyl (C=O) groups excluding carboxylic acids is 2. The average molecular weight is 410 g/mol. The van der Waals surface area contributed by atoms with Crippen LogP contribution in [0.2, 0.25) is 5.15 Å². The first-order valence-corrected chi connectivity index (χ1v) is 9.34. The van der Waals surface area contributed by atoms with Crippen molar-refractivity contribution < 1.29 is 14.3 Å². The number of benzene rings is 2. The lowest BCUT2D eigenvalue weighted by atomic mass is 10.2. The summed E-state index contributed by atoms with van der Waals surface area (Å²) in [5, 5.41) is 7.49. The standard InChI is InChI=1S/C22H20ClN3O3/c1-15-8-6-7-11-19(15)24-20(27)14-29-21(28)13-12-18-16(2)25-26(22(18)23)17-9-4-3-5-10-17/h3-13H,14H2,1-2H3,(H,24,27)/b13-12+. The summed E-state index contributed by atoms with van der Waals surface area (Å²) in [6.45, 7) is 3.30. The van der Waals surface area contributed by atoms with Crippen LogP contribution in [0.25, 0.3) is 11.8 Å². The number of carbonyl (C=O) groups is 2. The Morgan fingerprint density at radius 3 is 2.52 bits per heavy atom. The molecule has 0 aliphatic carbocycles. The van der Waals surface area contributed by atoms with Gasteiger partial charge in [-0.25, -0.2) is 9.48 Å². The van der Waals surface area contributed by atoms with Gasteiger partial charge < -0.3 is 10.1 Å². The number of aryl methyl sites for hydroxylation is 2. The largest absolute Gasteiger partial charge is 0.452 e. The first kappa shape index (κ1) is 20.4. The van der Waals surface area contributed by atoms with Crippen molar-refractivity contribution in [2.75, 3.05) is 11.9 Å². The molecule has 0 spiro atoms. The molecule has 2 aromatic carbocycles. The van der Waals surface area contributed by atoms with Crippen molar-refractivity contribution in [2.24, 2.45) is 0 Å². The lowest BCUT2D eigenvalue weighted by molar-refractivity contribution is -0.142. The van der Waals surface area contributed by atoms with Gasteiger partial charge in [0, 0.05) is 17.3 Å². The smallest absolute Gasteiger partial charge is 0.331 e. The average Bonchev–Trinajstić information content (AvgIpc) is 3.01. The fourth-order valence-corrected chi connectivity index (χ4v) is 3.01. The Kier molecular flexibility index (Phi) is 6.46. The van der Waals surface area contributed by atoms with Crippen molar-refractivity contribution >= 4 is 35.2 Å². The Bertz CT molecular complexity index is 1060. The minimum Gasteiger partial charge on any atom is -0.452 e. The molecule has 0 saturated heterocycles. The Balaban J connectivity index is 1.60. The summed E-state index contributed by atoms with van der Waals surface area (Å²) in [5.41, 5.74) is 3.69. The van der Waals surface area contributed by atoms with Gasteiger partial charge >= 0.3 is 5.97 Å². The van der Waals surface area contributed by atoms with Crippen LogP contribution in [0.3, 0.4) is 0 Å². The van der Waals surface area contributed by atoms with E-state index in [0.717, 1.165) is 11.3 Å². The van der Waals surface area contributed by atoms with E-state index < -0.39 is 11.9 Å². The van der Waals surface area contributed by atoms with Gasteiger partial charge in [-0.05, 0) is 43.7 Å². The molecular weight excluding hydrogens is 390 g/mol. The van der Waals surface area contributed by atoms with Gasteiger partial charge in [-0.3, -0.25) is 4.79 Å². The van der Waals surface area contributed by atoms with Crippen LogP contribution in [0.1, 0.15) is 16.8 Å². The summed E-state index contributed by atoms with van der Waals surface area (Å²) in [6, 6.07) is 16.8. The second-order valence-electron chi connectivity index (χ2n) is 6.34. The minimum atomic E-state index is -0.645. The van der Waals surface area contributed by atoms with Crippen LogP contribution in [0.5, 0.6) is 0 Å². The Labute approximate surface area is 173 Å². The van der Waals surface area contributed by atoms with Gasteiger partial charge in [0.1, 0.15) is 5.15 Å². The molecule has 3 rings (SSSR count). The normalized spacial score (nSPS) is 10.9. The number of hydrogen-bond acceptors (Lipinski definition) is 4. The van der Waals surface area contributed by atoms with Crippen LogP contribution in [0.15, 0.2) is 60.7 Å². The van der Waals surface area contributed by atoms with Gasteiger partial charge in [0.25, 0.3) is 5.91 Å². The zero-order chi connectivity index (χ0) is 20.8. The first-order valence-electron chi connectivity index (χ1n) is 8.96. The monoisotopic (exact) mass is 409 g/mol. The summed E-state index contributed by atoms with van der Waals surface area (Å²) in [6.07, 6.45) is 2.76. The molecule has 3 aromatic rings.